The predicted molar refractivity (Wildman–Crippen MR) is 140 cm³/mol. The second-order valence-electron chi connectivity index (χ2n) is 9.40. The molecule has 0 saturated carbocycles. The minimum atomic E-state index is -0.833. The Labute approximate surface area is 209 Å². The van der Waals surface area contributed by atoms with Crippen LogP contribution in [0.4, 0.5) is 0 Å². The monoisotopic (exact) mass is 472 g/mol. The summed E-state index contributed by atoms with van der Waals surface area (Å²) in [6.07, 6.45) is 2.38. The van der Waals surface area contributed by atoms with Crippen LogP contribution in [0, 0.1) is 0 Å². The van der Waals surface area contributed by atoms with E-state index < -0.39 is 5.41 Å². The van der Waals surface area contributed by atoms with E-state index in [1.54, 1.807) is 14.2 Å². The van der Waals surface area contributed by atoms with Crippen LogP contribution >= 0.6 is 0 Å². The molecule has 0 aliphatic carbocycles. The molecule has 0 N–H and O–H groups in total. The van der Waals surface area contributed by atoms with Crippen molar-refractivity contribution < 1.29 is 14.3 Å². The molecule has 0 bridgehead atoms. The molecule has 3 aromatic carbocycles. The fourth-order valence-electron chi connectivity index (χ4n) is 5.18. The van der Waals surface area contributed by atoms with E-state index in [9.17, 15) is 4.79 Å². The Morgan fingerprint density at radius 1 is 0.914 bits per heavy atom. The average Bonchev–Trinajstić information content (AvgIpc) is 3.44. The van der Waals surface area contributed by atoms with Gasteiger partial charge in [0.2, 0.25) is 5.91 Å². The highest BCUT2D eigenvalue weighted by Gasteiger charge is 2.42. The number of nitrogens with zero attached hydrogens (tertiary/aromatic N) is 2. The van der Waals surface area contributed by atoms with Crippen molar-refractivity contribution in [1.82, 2.24) is 9.80 Å². The second kappa shape index (κ2) is 11.0. The maximum absolute atomic E-state index is 14.5. The Kier molecular flexibility index (Phi) is 7.76. The van der Waals surface area contributed by atoms with Crippen LogP contribution in [0.3, 0.4) is 0 Å². The molecule has 4 rings (SSSR count). The van der Waals surface area contributed by atoms with Gasteiger partial charge in [-0.25, -0.2) is 0 Å². The maximum atomic E-state index is 14.5. The SMILES string of the molecule is COc1ccc([C@@H](CN2CCCC2)N(C)C(=O)C(C)(c2ccccc2)c2ccccc2)c(OC)c1. The van der Waals surface area contributed by atoms with Gasteiger partial charge in [-0.1, -0.05) is 60.7 Å². The third-order valence-corrected chi connectivity index (χ3v) is 7.35. The molecular weight excluding hydrogens is 436 g/mol. The number of hydrogen-bond donors (Lipinski definition) is 0. The van der Waals surface area contributed by atoms with Gasteiger partial charge in [-0.05, 0) is 56.1 Å². The molecule has 0 radical (unpaired) electrons. The van der Waals surface area contributed by atoms with E-state index in [1.807, 2.05) is 97.7 Å². The molecule has 1 saturated heterocycles. The Morgan fingerprint density at radius 3 is 2.00 bits per heavy atom. The van der Waals surface area contributed by atoms with Gasteiger partial charge < -0.3 is 19.3 Å². The molecule has 1 fully saturated rings. The number of hydrogen-bond acceptors (Lipinski definition) is 4. The summed E-state index contributed by atoms with van der Waals surface area (Å²) in [6, 6.07) is 25.8. The average molecular weight is 473 g/mol. The zero-order chi connectivity index (χ0) is 24.8. The number of benzene rings is 3. The standard InChI is InChI=1S/C30H36N2O3/c1-30(23-13-7-5-8-14-23,24-15-9-6-10-16-24)29(33)31(2)27(22-32-19-11-12-20-32)26-18-17-25(34-3)21-28(26)35-4/h5-10,13-18,21,27H,11-12,19-20,22H2,1-4H3/t27-/m1/s1. The van der Waals surface area contributed by atoms with Crippen LogP contribution in [0.2, 0.25) is 0 Å². The molecular formula is C30H36N2O3. The smallest absolute Gasteiger partial charge is 0.237 e. The number of methoxy groups -OCH3 is 2. The van der Waals surface area contributed by atoms with Crippen molar-refractivity contribution >= 4 is 5.91 Å². The van der Waals surface area contributed by atoms with E-state index in [2.05, 4.69) is 4.90 Å². The van der Waals surface area contributed by atoms with Crippen LogP contribution in [0.25, 0.3) is 0 Å². The lowest BCUT2D eigenvalue weighted by Gasteiger charge is -2.39. The molecule has 1 aliphatic heterocycles. The van der Waals surface area contributed by atoms with Crippen molar-refractivity contribution in [3.05, 3.63) is 95.6 Å². The molecule has 5 heteroatoms. The lowest BCUT2D eigenvalue weighted by atomic mass is 9.74. The van der Waals surface area contributed by atoms with E-state index in [0.717, 1.165) is 47.8 Å². The van der Waals surface area contributed by atoms with Gasteiger partial charge in [-0.15, -0.1) is 0 Å². The van der Waals surface area contributed by atoms with Crippen LogP contribution < -0.4 is 9.47 Å². The molecule has 35 heavy (non-hydrogen) atoms. The third-order valence-electron chi connectivity index (χ3n) is 7.35. The Hall–Kier alpha value is -3.31. The molecule has 1 atom stereocenters. The number of likely N-dealkylation sites (tertiary alicyclic amines) is 1. The molecule has 0 spiro atoms. The first-order chi connectivity index (χ1) is 17.0. The highest BCUT2D eigenvalue weighted by molar-refractivity contribution is 5.92. The van der Waals surface area contributed by atoms with Crippen molar-refractivity contribution in [1.29, 1.82) is 0 Å². The third kappa shape index (κ3) is 5.06. The summed E-state index contributed by atoms with van der Waals surface area (Å²) >= 11 is 0. The van der Waals surface area contributed by atoms with E-state index in [4.69, 9.17) is 9.47 Å². The molecule has 0 unspecified atom stereocenters. The van der Waals surface area contributed by atoms with E-state index in [1.165, 1.54) is 12.8 Å². The lowest BCUT2D eigenvalue weighted by molar-refractivity contribution is -0.136. The molecule has 5 nitrogen and oxygen atoms in total. The quantitative estimate of drug-likeness (QED) is 0.424. The Bertz CT molecular complexity index is 1070. The number of rotatable bonds is 9. The summed E-state index contributed by atoms with van der Waals surface area (Å²) in [7, 11) is 5.25. The van der Waals surface area contributed by atoms with Crippen molar-refractivity contribution in [2.24, 2.45) is 0 Å². The first-order valence-corrected chi connectivity index (χ1v) is 12.3. The number of amides is 1. The predicted octanol–water partition coefficient (Wildman–Crippen LogP) is 5.31. The number of ether oxygens (including phenoxy) is 2. The van der Waals surface area contributed by atoms with Gasteiger partial charge in [-0.3, -0.25) is 4.79 Å². The largest absolute Gasteiger partial charge is 0.497 e. The van der Waals surface area contributed by atoms with E-state index in [0.29, 0.717) is 0 Å². The van der Waals surface area contributed by atoms with Crippen molar-refractivity contribution in [3.8, 4) is 11.5 Å². The highest BCUT2D eigenvalue weighted by Crippen LogP contribution is 2.39. The number of carbonyl (C=O) groups is 1. The fourth-order valence-corrected chi connectivity index (χ4v) is 5.18. The zero-order valence-electron chi connectivity index (χ0n) is 21.2. The summed E-state index contributed by atoms with van der Waals surface area (Å²) in [6.45, 7) is 4.89. The molecule has 1 aliphatic rings. The van der Waals surface area contributed by atoms with Crippen molar-refractivity contribution in [2.45, 2.75) is 31.2 Å². The van der Waals surface area contributed by atoms with E-state index in [-0.39, 0.29) is 11.9 Å². The minimum absolute atomic E-state index is 0.0527. The summed E-state index contributed by atoms with van der Waals surface area (Å²) in [4.78, 5) is 18.9. The summed E-state index contributed by atoms with van der Waals surface area (Å²) in [5.41, 5.74) is 2.11. The van der Waals surface area contributed by atoms with Gasteiger partial charge in [0.15, 0.2) is 0 Å². The van der Waals surface area contributed by atoms with Crippen molar-refractivity contribution in [3.63, 3.8) is 0 Å². The van der Waals surface area contributed by atoms with Crippen LogP contribution in [-0.4, -0.2) is 56.6 Å². The van der Waals surface area contributed by atoms with Crippen LogP contribution in [-0.2, 0) is 10.2 Å². The molecule has 1 heterocycles. The molecule has 1 amide bonds. The normalized spacial score (nSPS) is 15.0. The summed E-state index contributed by atoms with van der Waals surface area (Å²) in [5, 5.41) is 0. The minimum Gasteiger partial charge on any atom is -0.497 e. The highest BCUT2D eigenvalue weighted by atomic mass is 16.5. The van der Waals surface area contributed by atoms with Gasteiger partial charge in [0.25, 0.3) is 0 Å². The second-order valence-corrected chi connectivity index (χ2v) is 9.40. The number of carbonyl (C=O) groups excluding carboxylic acids is 1. The van der Waals surface area contributed by atoms with Crippen molar-refractivity contribution in [2.75, 3.05) is 40.9 Å². The van der Waals surface area contributed by atoms with Gasteiger partial charge in [0.05, 0.1) is 25.7 Å². The van der Waals surface area contributed by atoms with Crippen LogP contribution in [0.15, 0.2) is 78.9 Å². The van der Waals surface area contributed by atoms with Gasteiger partial charge in [-0.2, -0.15) is 0 Å². The molecule has 0 aromatic heterocycles. The Morgan fingerprint density at radius 2 is 1.49 bits per heavy atom. The number of likely N-dealkylation sites (N-methyl/N-ethyl adjacent to an activating group) is 1. The fraction of sp³-hybridized carbons (Fsp3) is 0.367. The Balaban J connectivity index is 1.79. The van der Waals surface area contributed by atoms with Gasteiger partial charge in [0, 0.05) is 25.2 Å². The summed E-state index contributed by atoms with van der Waals surface area (Å²) in [5.74, 6) is 1.52. The van der Waals surface area contributed by atoms with E-state index >= 15 is 0 Å². The molecule has 3 aromatic rings. The van der Waals surface area contributed by atoms with Gasteiger partial charge in [0.1, 0.15) is 11.5 Å². The topological polar surface area (TPSA) is 42.0 Å². The first kappa shape index (κ1) is 24.8. The first-order valence-electron chi connectivity index (χ1n) is 12.3. The van der Waals surface area contributed by atoms with Gasteiger partial charge >= 0.3 is 0 Å². The van der Waals surface area contributed by atoms with Crippen LogP contribution in [0.5, 0.6) is 11.5 Å². The zero-order valence-corrected chi connectivity index (χ0v) is 21.2. The maximum Gasteiger partial charge on any atom is 0.237 e. The lowest BCUT2D eigenvalue weighted by Crippen LogP contribution is -2.48. The summed E-state index contributed by atoms with van der Waals surface area (Å²) < 4.78 is 11.2. The van der Waals surface area contributed by atoms with Crippen LogP contribution in [0.1, 0.15) is 42.5 Å². The molecule has 184 valence electrons.